The predicted molar refractivity (Wildman–Crippen MR) is 124 cm³/mol. The molecule has 0 radical (unpaired) electrons. The molecule has 6 aromatic rings. The van der Waals surface area contributed by atoms with Gasteiger partial charge >= 0.3 is 0 Å². The molecule has 0 saturated heterocycles. The van der Waals surface area contributed by atoms with E-state index in [0.29, 0.717) is 11.6 Å². The highest BCUT2D eigenvalue weighted by Crippen LogP contribution is 2.40. The van der Waals surface area contributed by atoms with Gasteiger partial charge in [0.2, 0.25) is 5.71 Å². The number of benzene rings is 4. The lowest BCUT2D eigenvalue weighted by Crippen LogP contribution is -1.93. The summed E-state index contributed by atoms with van der Waals surface area (Å²) in [6.45, 7) is 4.47. The molecule has 0 unspecified atom stereocenters. The lowest BCUT2D eigenvalue weighted by Gasteiger charge is -2.14. The number of rotatable bonds is 2. The summed E-state index contributed by atoms with van der Waals surface area (Å²) in [6.07, 6.45) is 1.60. The lowest BCUT2D eigenvalue weighted by molar-refractivity contribution is 0.656. The smallest absolute Gasteiger partial charge is 0.231 e. The molecule has 30 heavy (non-hydrogen) atoms. The van der Waals surface area contributed by atoms with Crippen molar-refractivity contribution in [3.05, 3.63) is 84.7 Å². The minimum atomic E-state index is 0.454. The molecule has 0 aliphatic heterocycles. The van der Waals surface area contributed by atoms with Gasteiger partial charge in [0.05, 0.1) is 11.1 Å². The Morgan fingerprint density at radius 3 is 2.30 bits per heavy atom. The zero-order valence-corrected chi connectivity index (χ0v) is 16.9. The van der Waals surface area contributed by atoms with Crippen molar-refractivity contribution in [2.75, 3.05) is 0 Å². The van der Waals surface area contributed by atoms with Gasteiger partial charge in [0.25, 0.3) is 0 Å². The number of hydrogen-bond acceptors (Lipinski definition) is 3. The minimum absolute atomic E-state index is 0.454. The van der Waals surface area contributed by atoms with Crippen LogP contribution in [0.25, 0.3) is 54.9 Å². The van der Waals surface area contributed by atoms with Crippen LogP contribution in [-0.2, 0) is 0 Å². The Labute approximate surface area is 174 Å². The van der Waals surface area contributed by atoms with Crippen molar-refractivity contribution in [2.45, 2.75) is 19.8 Å². The zero-order valence-electron chi connectivity index (χ0n) is 16.9. The SMILES string of the molecule is CC(C)c1ccc(-c2ncnc3oc4c5ccccc5ccc4c23)c2ccccc12. The predicted octanol–water partition coefficient (Wildman–Crippen LogP) is 7.47. The van der Waals surface area contributed by atoms with Gasteiger partial charge in [-0.2, -0.15) is 0 Å². The second-order valence-corrected chi connectivity index (χ2v) is 8.07. The normalized spacial score (nSPS) is 12.0. The Bertz CT molecular complexity index is 1580. The molecular weight excluding hydrogens is 368 g/mol. The Morgan fingerprint density at radius 2 is 1.47 bits per heavy atom. The molecule has 2 heterocycles. The summed E-state index contributed by atoms with van der Waals surface area (Å²) in [6, 6.07) is 25.6. The molecule has 0 bridgehead atoms. The maximum absolute atomic E-state index is 6.25. The number of aromatic nitrogens is 2. The third kappa shape index (κ3) is 2.38. The molecule has 0 aliphatic carbocycles. The molecule has 0 atom stereocenters. The summed E-state index contributed by atoms with van der Waals surface area (Å²) in [4.78, 5) is 9.19. The molecule has 4 aromatic carbocycles. The summed E-state index contributed by atoms with van der Waals surface area (Å²) < 4.78 is 6.25. The number of fused-ring (bicyclic) bond motifs is 6. The average Bonchev–Trinajstić information content (AvgIpc) is 3.17. The quantitative estimate of drug-likeness (QED) is 0.309. The fourth-order valence-corrected chi connectivity index (χ4v) is 4.57. The van der Waals surface area contributed by atoms with Crippen LogP contribution in [0, 0.1) is 0 Å². The van der Waals surface area contributed by atoms with E-state index in [1.807, 2.05) is 12.1 Å². The third-order valence-corrected chi connectivity index (χ3v) is 6.00. The third-order valence-electron chi connectivity index (χ3n) is 6.00. The van der Waals surface area contributed by atoms with Crippen LogP contribution >= 0.6 is 0 Å². The molecule has 6 rings (SSSR count). The maximum Gasteiger partial charge on any atom is 0.231 e. The monoisotopic (exact) mass is 388 g/mol. The maximum atomic E-state index is 6.25. The van der Waals surface area contributed by atoms with E-state index < -0.39 is 0 Å². The first kappa shape index (κ1) is 17.2. The van der Waals surface area contributed by atoms with E-state index in [-0.39, 0.29) is 0 Å². The van der Waals surface area contributed by atoms with Crippen LogP contribution in [0.4, 0.5) is 0 Å². The molecular formula is C27H20N2O. The van der Waals surface area contributed by atoms with E-state index >= 15 is 0 Å². The van der Waals surface area contributed by atoms with Gasteiger partial charge in [0.1, 0.15) is 11.9 Å². The van der Waals surface area contributed by atoms with E-state index in [2.05, 4.69) is 79.5 Å². The van der Waals surface area contributed by atoms with Crippen molar-refractivity contribution in [3.8, 4) is 11.3 Å². The minimum Gasteiger partial charge on any atom is -0.437 e. The van der Waals surface area contributed by atoms with Crippen LogP contribution in [0.2, 0.25) is 0 Å². The Kier molecular flexibility index (Phi) is 3.66. The molecule has 2 aromatic heterocycles. The molecule has 0 N–H and O–H groups in total. The van der Waals surface area contributed by atoms with Gasteiger partial charge in [-0.15, -0.1) is 0 Å². The van der Waals surface area contributed by atoms with Gasteiger partial charge in [-0.05, 0) is 33.7 Å². The molecule has 0 amide bonds. The fraction of sp³-hybridized carbons (Fsp3) is 0.111. The van der Waals surface area contributed by atoms with Gasteiger partial charge < -0.3 is 4.42 Å². The van der Waals surface area contributed by atoms with Gasteiger partial charge in [-0.1, -0.05) is 80.6 Å². The van der Waals surface area contributed by atoms with Crippen LogP contribution in [0.15, 0.2) is 83.5 Å². The van der Waals surface area contributed by atoms with Crippen LogP contribution in [0.1, 0.15) is 25.3 Å². The van der Waals surface area contributed by atoms with E-state index in [1.165, 1.54) is 16.3 Å². The first-order valence-corrected chi connectivity index (χ1v) is 10.3. The van der Waals surface area contributed by atoms with Crippen molar-refractivity contribution in [2.24, 2.45) is 0 Å². The zero-order chi connectivity index (χ0) is 20.2. The molecule has 0 fully saturated rings. The number of nitrogens with zero attached hydrogens (tertiary/aromatic N) is 2. The van der Waals surface area contributed by atoms with E-state index in [9.17, 15) is 0 Å². The molecule has 0 aliphatic rings. The molecule has 0 spiro atoms. The highest BCUT2D eigenvalue weighted by molar-refractivity contribution is 6.19. The average molecular weight is 388 g/mol. The molecule has 3 nitrogen and oxygen atoms in total. The first-order valence-electron chi connectivity index (χ1n) is 10.3. The highest BCUT2D eigenvalue weighted by Gasteiger charge is 2.19. The van der Waals surface area contributed by atoms with Crippen LogP contribution in [-0.4, -0.2) is 9.97 Å². The van der Waals surface area contributed by atoms with Crippen LogP contribution < -0.4 is 0 Å². The van der Waals surface area contributed by atoms with E-state index in [4.69, 9.17) is 9.40 Å². The summed E-state index contributed by atoms with van der Waals surface area (Å²) in [7, 11) is 0. The van der Waals surface area contributed by atoms with Crippen molar-refractivity contribution in [1.29, 1.82) is 0 Å². The highest BCUT2D eigenvalue weighted by atomic mass is 16.3. The van der Waals surface area contributed by atoms with Gasteiger partial charge in [-0.25, -0.2) is 9.97 Å². The second-order valence-electron chi connectivity index (χ2n) is 8.07. The molecule has 3 heteroatoms. The Morgan fingerprint density at radius 1 is 0.700 bits per heavy atom. The van der Waals surface area contributed by atoms with Gasteiger partial charge in [0.15, 0.2) is 0 Å². The summed E-state index contributed by atoms with van der Waals surface area (Å²) >= 11 is 0. The number of hydrogen-bond donors (Lipinski definition) is 0. The standard InChI is InChI=1S/C27H20N2O/c1-16(2)18-13-14-22(21-10-6-5-9-20(18)21)25-24-23-12-11-17-7-3-4-8-19(17)26(23)30-27(24)29-15-28-25/h3-16H,1-2H3. The molecule has 0 saturated carbocycles. The van der Waals surface area contributed by atoms with E-state index in [0.717, 1.165) is 38.4 Å². The van der Waals surface area contributed by atoms with Crippen molar-refractivity contribution >= 4 is 43.6 Å². The topological polar surface area (TPSA) is 38.9 Å². The largest absolute Gasteiger partial charge is 0.437 e. The Hall–Kier alpha value is -3.72. The number of furan rings is 1. The van der Waals surface area contributed by atoms with Crippen molar-refractivity contribution in [3.63, 3.8) is 0 Å². The van der Waals surface area contributed by atoms with E-state index in [1.54, 1.807) is 6.33 Å². The summed E-state index contributed by atoms with van der Waals surface area (Å²) in [5.41, 5.74) is 4.87. The second kappa shape index (κ2) is 6.39. The van der Waals surface area contributed by atoms with Crippen LogP contribution in [0.3, 0.4) is 0 Å². The van der Waals surface area contributed by atoms with Crippen LogP contribution in [0.5, 0.6) is 0 Å². The summed E-state index contributed by atoms with van der Waals surface area (Å²) in [5.74, 6) is 0.454. The van der Waals surface area contributed by atoms with Gasteiger partial charge in [0, 0.05) is 16.3 Å². The van der Waals surface area contributed by atoms with Crippen molar-refractivity contribution in [1.82, 2.24) is 9.97 Å². The van der Waals surface area contributed by atoms with Gasteiger partial charge in [-0.3, -0.25) is 0 Å². The molecule has 144 valence electrons. The first-order chi connectivity index (χ1) is 14.7. The Balaban J connectivity index is 1.74. The van der Waals surface area contributed by atoms with Crippen molar-refractivity contribution < 1.29 is 4.42 Å². The lowest BCUT2D eigenvalue weighted by atomic mass is 9.91. The summed E-state index contributed by atoms with van der Waals surface area (Å²) in [5, 5.41) is 6.76. The fourth-order valence-electron chi connectivity index (χ4n) is 4.57.